The molecule has 6 nitrogen and oxygen atoms in total. The molecule has 2 fully saturated rings. The van der Waals surface area contributed by atoms with Gasteiger partial charge in [-0.2, -0.15) is 0 Å². The summed E-state index contributed by atoms with van der Waals surface area (Å²) in [4.78, 5) is 29.7. The quantitative estimate of drug-likeness (QED) is 0.692. The molecule has 2 aliphatic rings. The molecule has 0 aromatic heterocycles. The van der Waals surface area contributed by atoms with Gasteiger partial charge >= 0.3 is 6.03 Å². The molecule has 154 valence electrons. The van der Waals surface area contributed by atoms with Crippen LogP contribution in [-0.2, 0) is 16.0 Å². The summed E-state index contributed by atoms with van der Waals surface area (Å²) in [5.41, 5.74) is -0.296. The molecule has 1 N–H and O–H groups in total. The number of urea groups is 1. The molecule has 3 rings (SSSR count). The van der Waals surface area contributed by atoms with E-state index in [2.05, 4.69) is 17.1 Å². The molecule has 0 aliphatic carbocycles. The Labute approximate surface area is 166 Å². The Hall–Kier alpha value is -1.99. The van der Waals surface area contributed by atoms with E-state index in [1.807, 2.05) is 6.07 Å². The van der Waals surface area contributed by atoms with Gasteiger partial charge in [-0.1, -0.05) is 19.1 Å². The number of piperidine rings is 1. The van der Waals surface area contributed by atoms with Crippen molar-refractivity contribution in [2.75, 3.05) is 39.9 Å². The number of nitrogens with zero attached hydrogens (tertiary/aromatic N) is 2. The summed E-state index contributed by atoms with van der Waals surface area (Å²) in [6.07, 6.45) is 3.07. The molecule has 7 heteroatoms. The molecule has 28 heavy (non-hydrogen) atoms. The number of hydrogen-bond donors (Lipinski definition) is 1. The van der Waals surface area contributed by atoms with E-state index in [9.17, 15) is 14.0 Å². The minimum atomic E-state index is -1.02. The zero-order chi connectivity index (χ0) is 20.1. The molecule has 1 atom stereocenters. The molecule has 1 aromatic carbocycles. The van der Waals surface area contributed by atoms with Crippen LogP contribution < -0.4 is 5.32 Å². The highest BCUT2D eigenvalue weighted by molar-refractivity contribution is 6.07. The average molecular weight is 391 g/mol. The third kappa shape index (κ3) is 4.20. The van der Waals surface area contributed by atoms with E-state index >= 15 is 0 Å². The average Bonchev–Trinajstić information content (AvgIpc) is 2.91. The number of amides is 3. The van der Waals surface area contributed by atoms with Crippen LogP contribution in [0.5, 0.6) is 0 Å². The number of imide groups is 1. The van der Waals surface area contributed by atoms with Crippen molar-refractivity contribution in [3.63, 3.8) is 0 Å². The predicted molar refractivity (Wildman–Crippen MR) is 104 cm³/mol. The zero-order valence-corrected chi connectivity index (χ0v) is 16.7. The first-order chi connectivity index (χ1) is 13.5. The normalized spacial score (nSPS) is 24.0. The molecular weight excluding hydrogens is 361 g/mol. The van der Waals surface area contributed by atoms with Crippen LogP contribution in [0, 0.1) is 11.7 Å². The minimum Gasteiger partial charge on any atom is -0.383 e. The van der Waals surface area contributed by atoms with E-state index in [4.69, 9.17) is 4.74 Å². The Morgan fingerprint density at radius 3 is 2.64 bits per heavy atom. The largest absolute Gasteiger partial charge is 0.383 e. The van der Waals surface area contributed by atoms with E-state index in [-0.39, 0.29) is 30.2 Å². The number of ether oxygens (including phenoxy) is 1. The number of likely N-dealkylation sites (tertiary alicyclic amines) is 1. The van der Waals surface area contributed by atoms with Gasteiger partial charge in [0, 0.05) is 13.5 Å². The number of carbonyl (C=O) groups is 2. The first kappa shape index (κ1) is 20.7. The van der Waals surface area contributed by atoms with Gasteiger partial charge in [-0.3, -0.25) is 9.69 Å². The maximum atomic E-state index is 13.8. The number of nitrogens with one attached hydrogen (secondary N) is 1. The fraction of sp³-hybridized carbons (Fsp3) is 0.619. The van der Waals surface area contributed by atoms with Crippen LogP contribution in [-0.4, -0.2) is 67.2 Å². The van der Waals surface area contributed by atoms with Crippen LogP contribution in [0.2, 0.25) is 0 Å². The van der Waals surface area contributed by atoms with Gasteiger partial charge in [0.15, 0.2) is 0 Å². The van der Waals surface area contributed by atoms with E-state index in [0.717, 1.165) is 44.5 Å². The van der Waals surface area contributed by atoms with Crippen LogP contribution in [0.25, 0.3) is 0 Å². The molecular formula is C21H30FN3O3. The van der Waals surface area contributed by atoms with Gasteiger partial charge in [0.2, 0.25) is 0 Å². The van der Waals surface area contributed by atoms with E-state index < -0.39 is 5.54 Å². The first-order valence-corrected chi connectivity index (χ1v) is 10.1. The van der Waals surface area contributed by atoms with Crippen molar-refractivity contribution >= 4 is 11.9 Å². The first-order valence-electron chi connectivity index (χ1n) is 10.1. The maximum absolute atomic E-state index is 13.8. The monoisotopic (exact) mass is 391 g/mol. The molecule has 3 amide bonds. The van der Waals surface area contributed by atoms with E-state index in [1.54, 1.807) is 13.2 Å². The minimum absolute atomic E-state index is 0.0212. The van der Waals surface area contributed by atoms with Crippen molar-refractivity contribution in [2.24, 2.45) is 5.92 Å². The fourth-order valence-electron chi connectivity index (χ4n) is 4.51. The lowest BCUT2D eigenvalue weighted by molar-refractivity contribution is -0.134. The maximum Gasteiger partial charge on any atom is 0.325 e. The highest BCUT2D eigenvalue weighted by Gasteiger charge is 2.55. The predicted octanol–water partition coefficient (Wildman–Crippen LogP) is 2.43. The second-order valence-corrected chi connectivity index (χ2v) is 7.77. The second kappa shape index (κ2) is 9.01. The Balaban J connectivity index is 1.86. The molecule has 0 saturated carbocycles. The fourth-order valence-corrected chi connectivity index (χ4v) is 4.51. The van der Waals surface area contributed by atoms with Crippen LogP contribution in [0.3, 0.4) is 0 Å². The molecule has 0 radical (unpaired) electrons. The topological polar surface area (TPSA) is 61.9 Å². The summed E-state index contributed by atoms with van der Waals surface area (Å²) < 4.78 is 18.8. The van der Waals surface area contributed by atoms with Crippen molar-refractivity contribution in [2.45, 2.75) is 38.1 Å². The van der Waals surface area contributed by atoms with Crippen molar-refractivity contribution in [1.29, 1.82) is 0 Å². The Bertz CT molecular complexity index is 706. The van der Waals surface area contributed by atoms with Gasteiger partial charge in [-0.05, 0) is 62.5 Å². The SMILES string of the molecule is CCCN1CCC(C2(Cc3cccc(F)c3)NC(=O)N(CCOC)C2=O)CC1. The van der Waals surface area contributed by atoms with Gasteiger partial charge in [0.1, 0.15) is 11.4 Å². The summed E-state index contributed by atoms with van der Waals surface area (Å²) in [5, 5.41) is 3.00. The number of benzene rings is 1. The number of methoxy groups -OCH3 is 1. The Kier molecular flexibility index (Phi) is 6.67. The molecule has 0 bridgehead atoms. The van der Waals surface area contributed by atoms with Crippen LogP contribution >= 0.6 is 0 Å². The number of halogens is 1. The van der Waals surface area contributed by atoms with Crippen LogP contribution in [0.15, 0.2) is 24.3 Å². The van der Waals surface area contributed by atoms with Crippen molar-refractivity contribution in [3.8, 4) is 0 Å². The smallest absolute Gasteiger partial charge is 0.325 e. The third-order valence-electron chi connectivity index (χ3n) is 5.92. The second-order valence-electron chi connectivity index (χ2n) is 7.77. The lowest BCUT2D eigenvalue weighted by atomic mass is 9.74. The molecule has 1 aromatic rings. The van der Waals surface area contributed by atoms with Gasteiger partial charge in [-0.15, -0.1) is 0 Å². The summed E-state index contributed by atoms with van der Waals surface area (Å²) in [6.45, 7) is 5.54. The van der Waals surface area contributed by atoms with Crippen molar-refractivity contribution in [1.82, 2.24) is 15.1 Å². The number of hydrogen-bond acceptors (Lipinski definition) is 4. The lowest BCUT2D eigenvalue weighted by Crippen LogP contribution is -2.57. The van der Waals surface area contributed by atoms with Crippen LogP contribution in [0.4, 0.5) is 9.18 Å². The summed E-state index contributed by atoms with van der Waals surface area (Å²) in [7, 11) is 1.54. The van der Waals surface area contributed by atoms with Gasteiger partial charge < -0.3 is 15.0 Å². The zero-order valence-electron chi connectivity index (χ0n) is 16.7. The van der Waals surface area contributed by atoms with Crippen LogP contribution in [0.1, 0.15) is 31.7 Å². The molecule has 1 unspecified atom stereocenters. The number of carbonyl (C=O) groups excluding carboxylic acids is 2. The van der Waals surface area contributed by atoms with Crippen molar-refractivity contribution < 1.29 is 18.7 Å². The van der Waals surface area contributed by atoms with E-state index in [1.165, 1.54) is 17.0 Å². The molecule has 2 heterocycles. The molecule has 2 aliphatic heterocycles. The lowest BCUT2D eigenvalue weighted by Gasteiger charge is -2.41. The summed E-state index contributed by atoms with van der Waals surface area (Å²) in [5.74, 6) is -0.529. The van der Waals surface area contributed by atoms with Gasteiger partial charge in [-0.25, -0.2) is 9.18 Å². The molecule has 2 saturated heterocycles. The van der Waals surface area contributed by atoms with Crippen molar-refractivity contribution in [3.05, 3.63) is 35.6 Å². The highest BCUT2D eigenvalue weighted by atomic mass is 19.1. The summed E-state index contributed by atoms with van der Waals surface area (Å²) in [6, 6.07) is 5.92. The van der Waals surface area contributed by atoms with Gasteiger partial charge in [0.05, 0.1) is 13.2 Å². The van der Waals surface area contributed by atoms with Gasteiger partial charge in [0.25, 0.3) is 5.91 Å². The molecule has 0 spiro atoms. The summed E-state index contributed by atoms with van der Waals surface area (Å²) >= 11 is 0. The Morgan fingerprint density at radius 2 is 2.00 bits per heavy atom. The highest BCUT2D eigenvalue weighted by Crippen LogP contribution is 2.36. The third-order valence-corrected chi connectivity index (χ3v) is 5.92. The van der Waals surface area contributed by atoms with E-state index in [0.29, 0.717) is 13.0 Å². The standard InChI is InChI=1S/C21H30FN3O3/c1-3-9-24-10-7-17(8-11-24)21(15-16-5-4-6-18(22)14-16)19(26)25(12-13-28-2)20(27)23-21/h4-6,14,17H,3,7-13,15H2,1-2H3,(H,23,27). The Morgan fingerprint density at radius 1 is 1.25 bits per heavy atom. The number of rotatable bonds is 8.